The van der Waals surface area contributed by atoms with Gasteiger partial charge in [0.2, 0.25) is 0 Å². The minimum absolute atomic E-state index is 0.499. The molecule has 2 aromatic heterocycles. The van der Waals surface area contributed by atoms with Crippen molar-refractivity contribution < 1.29 is 13.2 Å². The summed E-state index contributed by atoms with van der Waals surface area (Å²) >= 11 is 0. The Morgan fingerprint density at radius 1 is 1.10 bits per heavy atom. The van der Waals surface area contributed by atoms with Crippen molar-refractivity contribution in [2.24, 2.45) is 0 Å². The predicted octanol–water partition coefficient (Wildman–Crippen LogP) is 2.88. The van der Waals surface area contributed by atoms with Gasteiger partial charge in [-0.1, -0.05) is 0 Å². The summed E-state index contributed by atoms with van der Waals surface area (Å²) in [6, 6.07) is 4.75. The lowest BCUT2D eigenvalue weighted by molar-refractivity contribution is -0.137. The lowest BCUT2D eigenvalue weighted by Gasteiger charge is -2.08. The number of hydrogen-bond donors (Lipinski definition) is 1. The molecule has 8 heteroatoms. The van der Waals surface area contributed by atoms with Crippen molar-refractivity contribution in [3.05, 3.63) is 42.4 Å². The first-order valence-corrected chi connectivity index (χ1v) is 6.05. The van der Waals surface area contributed by atoms with E-state index in [1.165, 1.54) is 23.1 Å². The van der Waals surface area contributed by atoms with Crippen LogP contribution in [0.1, 0.15) is 5.56 Å². The molecule has 0 spiro atoms. The summed E-state index contributed by atoms with van der Waals surface area (Å²) in [6.07, 6.45) is -1.42. The fourth-order valence-corrected chi connectivity index (χ4v) is 2.02. The Hall–Kier alpha value is -2.64. The maximum atomic E-state index is 12.6. The molecule has 0 saturated heterocycles. The number of hydrogen-bond acceptors (Lipinski definition) is 4. The van der Waals surface area contributed by atoms with E-state index in [2.05, 4.69) is 20.4 Å². The van der Waals surface area contributed by atoms with Crippen LogP contribution in [0.4, 0.5) is 19.0 Å². The molecule has 0 bridgehead atoms. The number of halogens is 3. The van der Waals surface area contributed by atoms with Crippen molar-refractivity contribution >= 4 is 16.9 Å². The summed E-state index contributed by atoms with van der Waals surface area (Å²) in [6.45, 7) is 0. The molecule has 0 radical (unpaired) electrons. The minimum Gasteiger partial charge on any atom is -0.372 e. The Kier molecular flexibility index (Phi) is 3.00. The van der Waals surface area contributed by atoms with Gasteiger partial charge in [-0.15, -0.1) is 0 Å². The molecule has 0 aliphatic heterocycles. The molecule has 0 amide bonds. The fraction of sp³-hybridized carbons (Fsp3) is 0.154. The fourth-order valence-electron chi connectivity index (χ4n) is 2.02. The summed E-state index contributed by atoms with van der Waals surface area (Å²) in [5, 5.41) is 7.76. The summed E-state index contributed by atoms with van der Waals surface area (Å²) in [7, 11) is 1.72. The van der Waals surface area contributed by atoms with E-state index in [0.717, 1.165) is 12.1 Å². The van der Waals surface area contributed by atoms with Crippen molar-refractivity contribution in [3.63, 3.8) is 0 Å². The molecule has 3 rings (SSSR count). The van der Waals surface area contributed by atoms with E-state index in [4.69, 9.17) is 0 Å². The first kappa shape index (κ1) is 13.3. The van der Waals surface area contributed by atoms with Gasteiger partial charge < -0.3 is 5.32 Å². The highest BCUT2D eigenvalue weighted by Crippen LogP contribution is 2.30. The summed E-state index contributed by atoms with van der Waals surface area (Å²) < 4.78 is 39.2. The van der Waals surface area contributed by atoms with Gasteiger partial charge in [-0.2, -0.15) is 18.3 Å². The molecule has 0 aliphatic rings. The molecule has 1 N–H and O–H groups in total. The number of anilines is 1. The Morgan fingerprint density at radius 2 is 1.81 bits per heavy atom. The third-order valence-corrected chi connectivity index (χ3v) is 3.04. The molecular weight excluding hydrogens is 283 g/mol. The van der Waals surface area contributed by atoms with Crippen molar-refractivity contribution in [2.75, 3.05) is 12.4 Å². The second kappa shape index (κ2) is 4.72. The molecule has 5 nitrogen and oxygen atoms in total. The second-order valence-electron chi connectivity index (χ2n) is 4.31. The second-order valence-corrected chi connectivity index (χ2v) is 4.31. The monoisotopic (exact) mass is 293 g/mol. The first-order valence-electron chi connectivity index (χ1n) is 6.05. The third kappa shape index (κ3) is 2.28. The van der Waals surface area contributed by atoms with Crippen LogP contribution in [0, 0.1) is 0 Å². The largest absolute Gasteiger partial charge is 0.416 e. The van der Waals surface area contributed by atoms with Gasteiger partial charge >= 0.3 is 6.18 Å². The van der Waals surface area contributed by atoms with Crippen LogP contribution in [0.25, 0.3) is 16.7 Å². The van der Waals surface area contributed by atoms with Crippen LogP contribution >= 0.6 is 0 Å². The standard InChI is InChI=1S/C13H10F3N5/c1-17-11-10-6-20-21(12(10)19-7-18-11)9-4-2-8(3-5-9)13(14,15)16/h2-7H,1H3,(H,17,18,19). The van der Waals surface area contributed by atoms with Crippen LogP contribution in [0.15, 0.2) is 36.8 Å². The first-order chi connectivity index (χ1) is 10.0. The average Bonchev–Trinajstić information content (AvgIpc) is 2.90. The van der Waals surface area contributed by atoms with E-state index in [0.29, 0.717) is 22.5 Å². The number of nitrogens with one attached hydrogen (secondary N) is 1. The third-order valence-electron chi connectivity index (χ3n) is 3.04. The average molecular weight is 293 g/mol. The molecule has 108 valence electrons. The highest BCUT2D eigenvalue weighted by molar-refractivity contribution is 5.86. The highest BCUT2D eigenvalue weighted by atomic mass is 19.4. The van der Waals surface area contributed by atoms with Crippen molar-refractivity contribution in [3.8, 4) is 5.69 Å². The van der Waals surface area contributed by atoms with Crippen molar-refractivity contribution in [1.29, 1.82) is 0 Å². The predicted molar refractivity (Wildman–Crippen MR) is 71.2 cm³/mol. The van der Waals surface area contributed by atoms with E-state index >= 15 is 0 Å². The zero-order valence-corrected chi connectivity index (χ0v) is 10.9. The molecule has 0 atom stereocenters. The molecule has 0 unspecified atom stereocenters. The highest BCUT2D eigenvalue weighted by Gasteiger charge is 2.30. The van der Waals surface area contributed by atoms with Gasteiger partial charge in [0.25, 0.3) is 0 Å². The van der Waals surface area contributed by atoms with Crippen LogP contribution in [-0.4, -0.2) is 26.8 Å². The van der Waals surface area contributed by atoms with E-state index in [-0.39, 0.29) is 0 Å². The van der Waals surface area contributed by atoms with Crippen molar-refractivity contribution in [2.45, 2.75) is 6.18 Å². The number of nitrogens with zero attached hydrogens (tertiary/aromatic N) is 4. The Balaban J connectivity index is 2.09. The Morgan fingerprint density at radius 3 is 2.43 bits per heavy atom. The van der Waals surface area contributed by atoms with Gasteiger partial charge in [-0.05, 0) is 24.3 Å². The van der Waals surface area contributed by atoms with Crippen LogP contribution < -0.4 is 5.32 Å². The lowest BCUT2D eigenvalue weighted by Crippen LogP contribution is -2.05. The van der Waals surface area contributed by atoms with Gasteiger partial charge in [0.15, 0.2) is 5.65 Å². The zero-order chi connectivity index (χ0) is 15.0. The quantitative estimate of drug-likeness (QED) is 0.789. The zero-order valence-electron chi connectivity index (χ0n) is 10.9. The molecule has 2 heterocycles. The number of alkyl halides is 3. The maximum Gasteiger partial charge on any atom is 0.416 e. The number of fused-ring (bicyclic) bond motifs is 1. The molecule has 1 aromatic carbocycles. The molecule has 21 heavy (non-hydrogen) atoms. The summed E-state index contributed by atoms with van der Waals surface area (Å²) in [5.74, 6) is 0.609. The maximum absolute atomic E-state index is 12.6. The van der Waals surface area contributed by atoms with Gasteiger partial charge in [0.1, 0.15) is 12.1 Å². The molecule has 3 aromatic rings. The molecule has 0 saturated carbocycles. The Bertz CT molecular complexity index is 777. The van der Waals surface area contributed by atoms with Crippen LogP contribution in [0.5, 0.6) is 0 Å². The van der Waals surface area contributed by atoms with Gasteiger partial charge in [-0.3, -0.25) is 0 Å². The number of aromatic nitrogens is 4. The normalized spacial score (nSPS) is 11.8. The summed E-state index contributed by atoms with van der Waals surface area (Å²) in [5.41, 5.74) is 0.320. The Labute approximate surface area is 117 Å². The van der Waals surface area contributed by atoms with E-state index in [9.17, 15) is 13.2 Å². The number of rotatable bonds is 2. The van der Waals surface area contributed by atoms with Gasteiger partial charge in [0.05, 0.1) is 22.8 Å². The molecule has 0 fully saturated rings. The van der Waals surface area contributed by atoms with Gasteiger partial charge in [0, 0.05) is 7.05 Å². The van der Waals surface area contributed by atoms with Crippen molar-refractivity contribution in [1.82, 2.24) is 19.7 Å². The summed E-state index contributed by atoms with van der Waals surface area (Å²) in [4.78, 5) is 8.18. The molecular formula is C13H10F3N5. The van der Waals surface area contributed by atoms with Crippen LogP contribution in [0.2, 0.25) is 0 Å². The lowest BCUT2D eigenvalue weighted by atomic mass is 10.2. The van der Waals surface area contributed by atoms with Crippen LogP contribution in [0.3, 0.4) is 0 Å². The molecule has 0 aliphatic carbocycles. The SMILES string of the molecule is CNc1ncnc2c1cnn2-c1ccc(C(F)(F)F)cc1. The van der Waals surface area contributed by atoms with E-state index < -0.39 is 11.7 Å². The van der Waals surface area contributed by atoms with Gasteiger partial charge in [-0.25, -0.2) is 14.6 Å². The van der Waals surface area contributed by atoms with Crippen LogP contribution in [-0.2, 0) is 6.18 Å². The minimum atomic E-state index is -4.35. The van der Waals surface area contributed by atoms with E-state index in [1.807, 2.05) is 0 Å². The number of benzene rings is 1. The topological polar surface area (TPSA) is 55.6 Å². The smallest absolute Gasteiger partial charge is 0.372 e. The van der Waals surface area contributed by atoms with E-state index in [1.54, 1.807) is 13.2 Å².